The monoisotopic (exact) mass is 442 g/mol. The number of likely N-dealkylation sites (tertiary alicyclic amines) is 1. The SMILES string of the molecule is CC(=O)N1CCC2(C=C(NNC(=S)Nc3ccccc3F)c3cc(O)ccc3O2)CC1. The summed E-state index contributed by atoms with van der Waals surface area (Å²) in [5, 5.41) is 12.9. The predicted molar refractivity (Wildman–Crippen MR) is 120 cm³/mol. The van der Waals surface area contributed by atoms with Crippen LogP contribution < -0.4 is 20.9 Å². The number of hydrogen-bond donors (Lipinski definition) is 4. The zero-order valence-electron chi connectivity index (χ0n) is 16.9. The standard InChI is InChI=1S/C22H23FN4O3S/c1-14(28)27-10-8-22(9-11-27)13-19(16-12-15(29)6-7-20(16)30-22)25-26-21(31)24-18-5-3-2-4-17(18)23/h2-7,12-13,25,29H,8-11H2,1H3,(H2,24,26,31). The van der Waals surface area contributed by atoms with Gasteiger partial charge in [-0.15, -0.1) is 0 Å². The normalized spacial score (nSPS) is 16.6. The molecule has 1 saturated heterocycles. The maximum atomic E-state index is 13.9. The Labute approximate surface area is 184 Å². The Morgan fingerprint density at radius 1 is 1.23 bits per heavy atom. The quantitative estimate of drug-likeness (QED) is 0.429. The van der Waals surface area contributed by atoms with Crippen LogP contribution in [-0.4, -0.2) is 39.7 Å². The van der Waals surface area contributed by atoms with E-state index in [2.05, 4.69) is 16.2 Å². The molecule has 9 heteroatoms. The van der Waals surface area contributed by atoms with E-state index in [0.717, 1.165) is 0 Å². The molecule has 2 aromatic carbocycles. The van der Waals surface area contributed by atoms with Gasteiger partial charge in [0, 0.05) is 38.4 Å². The van der Waals surface area contributed by atoms with Crippen LogP contribution in [0.15, 0.2) is 48.5 Å². The lowest BCUT2D eigenvalue weighted by Gasteiger charge is -2.42. The number of rotatable bonds is 3. The second-order valence-corrected chi connectivity index (χ2v) is 8.00. The Morgan fingerprint density at radius 3 is 2.68 bits per heavy atom. The Balaban J connectivity index is 1.53. The number of carbonyl (C=O) groups is 1. The zero-order chi connectivity index (χ0) is 22.0. The van der Waals surface area contributed by atoms with E-state index in [1.54, 1.807) is 48.2 Å². The first-order valence-corrected chi connectivity index (χ1v) is 10.3. The van der Waals surface area contributed by atoms with E-state index in [-0.39, 0.29) is 22.5 Å². The van der Waals surface area contributed by atoms with Crippen molar-refractivity contribution in [2.45, 2.75) is 25.4 Å². The van der Waals surface area contributed by atoms with Gasteiger partial charge in [-0.05, 0) is 48.6 Å². The molecule has 0 bridgehead atoms. The number of nitrogens with zero attached hydrogens (tertiary/aromatic N) is 1. The Morgan fingerprint density at radius 2 is 1.97 bits per heavy atom. The molecular formula is C22H23FN4O3S. The molecule has 0 unspecified atom stereocenters. The molecule has 1 spiro atoms. The van der Waals surface area contributed by atoms with Crippen LogP contribution in [0.1, 0.15) is 25.3 Å². The molecule has 2 aromatic rings. The largest absolute Gasteiger partial charge is 0.508 e. The van der Waals surface area contributed by atoms with Crippen LogP contribution in [0.2, 0.25) is 0 Å². The number of para-hydroxylation sites is 1. The maximum Gasteiger partial charge on any atom is 0.219 e. The van der Waals surface area contributed by atoms with Gasteiger partial charge in [0.05, 0.1) is 11.4 Å². The number of piperidine rings is 1. The summed E-state index contributed by atoms with van der Waals surface area (Å²) in [7, 11) is 0. The molecule has 4 N–H and O–H groups in total. The number of hydrazine groups is 1. The molecule has 0 aromatic heterocycles. The molecule has 0 aliphatic carbocycles. The van der Waals surface area contributed by atoms with Crippen LogP contribution in [0.5, 0.6) is 11.5 Å². The van der Waals surface area contributed by atoms with Gasteiger partial charge >= 0.3 is 0 Å². The van der Waals surface area contributed by atoms with Crippen molar-refractivity contribution >= 4 is 34.6 Å². The summed E-state index contributed by atoms with van der Waals surface area (Å²) < 4.78 is 20.2. The van der Waals surface area contributed by atoms with Crippen molar-refractivity contribution < 1.29 is 19.0 Å². The lowest BCUT2D eigenvalue weighted by atomic mass is 9.87. The third kappa shape index (κ3) is 4.56. The second kappa shape index (κ2) is 8.43. The van der Waals surface area contributed by atoms with Crippen LogP contribution >= 0.6 is 12.2 Å². The lowest BCUT2D eigenvalue weighted by Crippen LogP contribution is -2.50. The highest BCUT2D eigenvalue weighted by Crippen LogP contribution is 2.41. The third-order valence-electron chi connectivity index (χ3n) is 5.46. The average Bonchev–Trinajstić information content (AvgIpc) is 2.74. The predicted octanol–water partition coefficient (Wildman–Crippen LogP) is 3.14. The van der Waals surface area contributed by atoms with Crippen LogP contribution in [-0.2, 0) is 4.79 Å². The number of aromatic hydroxyl groups is 1. The number of carbonyl (C=O) groups excluding carboxylic acids is 1. The molecule has 31 heavy (non-hydrogen) atoms. The van der Waals surface area contributed by atoms with Gasteiger partial charge < -0.3 is 20.1 Å². The summed E-state index contributed by atoms with van der Waals surface area (Å²) in [6.45, 7) is 2.74. The second-order valence-electron chi connectivity index (χ2n) is 7.60. The highest BCUT2D eigenvalue weighted by molar-refractivity contribution is 7.80. The van der Waals surface area contributed by atoms with Crippen LogP contribution in [0.25, 0.3) is 5.70 Å². The molecule has 7 nitrogen and oxygen atoms in total. The number of thiocarbonyl (C=S) groups is 1. The van der Waals surface area contributed by atoms with Gasteiger partial charge in [0.25, 0.3) is 0 Å². The number of nitrogens with one attached hydrogen (secondary N) is 3. The van der Waals surface area contributed by atoms with Gasteiger partial charge in [-0.1, -0.05) is 12.1 Å². The number of fused-ring (bicyclic) bond motifs is 1. The fourth-order valence-corrected chi connectivity index (χ4v) is 3.96. The first-order chi connectivity index (χ1) is 14.8. The number of phenolic OH excluding ortho intramolecular Hbond substituents is 1. The molecular weight excluding hydrogens is 419 g/mol. The summed E-state index contributed by atoms with van der Waals surface area (Å²) in [6.07, 6.45) is 3.22. The molecule has 2 heterocycles. The van der Waals surface area contributed by atoms with Gasteiger partial charge in [0.15, 0.2) is 5.11 Å². The fourth-order valence-electron chi connectivity index (χ4n) is 3.80. The third-order valence-corrected chi connectivity index (χ3v) is 5.67. The van der Waals surface area contributed by atoms with E-state index in [0.29, 0.717) is 42.9 Å². The Bertz CT molecular complexity index is 1050. The number of ether oxygens (including phenoxy) is 1. The summed E-state index contributed by atoms with van der Waals surface area (Å²) >= 11 is 5.28. The number of amides is 1. The first kappa shape index (κ1) is 20.9. The smallest absolute Gasteiger partial charge is 0.219 e. The minimum Gasteiger partial charge on any atom is -0.508 e. The van der Waals surface area contributed by atoms with Gasteiger partial charge in [-0.25, -0.2) is 4.39 Å². The van der Waals surface area contributed by atoms with Crippen molar-refractivity contribution in [2.75, 3.05) is 18.4 Å². The van der Waals surface area contributed by atoms with E-state index >= 15 is 0 Å². The number of anilines is 1. The van der Waals surface area contributed by atoms with E-state index < -0.39 is 11.4 Å². The zero-order valence-corrected chi connectivity index (χ0v) is 17.8. The van der Waals surface area contributed by atoms with Crippen molar-refractivity contribution in [2.24, 2.45) is 0 Å². The molecule has 0 radical (unpaired) electrons. The Hall–Kier alpha value is -3.33. The molecule has 2 aliphatic rings. The van der Waals surface area contributed by atoms with Crippen LogP contribution in [0, 0.1) is 5.82 Å². The van der Waals surface area contributed by atoms with Crippen molar-refractivity contribution in [1.29, 1.82) is 0 Å². The molecule has 4 rings (SSSR count). The van der Waals surface area contributed by atoms with Gasteiger partial charge in [-0.3, -0.25) is 15.6 Å². The van der Waals surface area contributed by atoms with E-state index in [1.165, 1.54) is 6.07 Å². The highest BCUT2D eigenvalue weighted by Gasteiger charge is 2.39. The molecule has 1 fully saturated rings. The minimum absolute atomic E-state index is 0.0459. The molecule has 1 amide bonds. The lowest BCUT2D eigenvalue weighted by molar-refractivity contribution is -0.131. The van der Waals surface area contributed by atoms with Gasteiger partial charge in [0.2, 0.25) is 5.91 Å². The van der Waals surface area contributed by atoms with Crippen LogP contribution in [0.4, 0.5) is 10.1 Å². The molecule has 2 aliphatic heterocycles. The van der Waals surface area contributed by atoms with Gasteiger partial charge in [-0.2, -0.15) is 0 Å². The van der Waals surface area contributed by atoms with E-state index in [1.807, 2.05) is 6.08 Å². The van der Waals surface area contributed by atoms with Crippen molar-refractivity contribution in [3.05, 3.63) is 59.9 Å². The summed E-state index contributed by atoms with van der Waals surface area (Å²) in [5.74, 6) is 0.353. The molecule has 0 atom stereocenters. The number of halogens is 1. The van der Waals surface area contributed by atoms with E-state index in [4.69, 9.17) is 17.0 Å². The van der Waals surface area contributed by atoms with E-state index in [9.17, 15) is 14.3 Å². The fraction of sp³-hybridized carbons (Fsp3) is 0.273. The topological polar surface area (TPSA) is 85.9 Å². The first-order valence-electron chi connectivity index (χ1n) is 9.93. The molecule has 0 saturated carbocycles. The maximum absolute atomic E-state index is 13.9. The Kier molecular flexibility index (Phi) is 5.69. The average molecular weight is 443 g/mol. The van der Waals surface area contributed by atoms with Gasteiger partial charge in [0.1, 0.15) is 22.9 Å². The molecule has 162 valence electrons. The highest BCUT2D eigenvalue weighted by atomic mass is 32.1. The van der Waals surface area contributed by atoms with Crippen molar-refractivity contribution in [3.8, 4) is 11.5 Å². The number of phenols is 1. The summed E-state index contributed by atoms with van der Waals surface area (Å²) in [6, 6.07) is 11.1. The van der Waals surface area contributed by atoms with Crippen molar-refractivity contribution in [3.63, 3.8) is 0 Å². The summed E-state index contributed by atoms with van der Waals surface area (Å²) in [5.41, 5.74) is 6.95. The van der Waals surface area contributed by atoms with Crippen LogP contribution in [0.3, 0.4) is 0 Å². The number of hydrogen-bond acceptors (Lipinski definition) is 5. The minimum atomic E-state index is -0.583. The number of benzene rings is 2. The van der Waals surface area contributed by atoms with Crippen molar-refractivity contribution in [1.82, 2.24) is 15.8 Å². The summed E-state index contributed by atoms with van der Waals surface area (Å²) in [4.78, 5) is 13.5.